The fraction of sp³-hybridized carbons (Fsp3) is 0.208. The van der Waals surface area contributed by atoms with E-state index in [-0.39, 0.29) is 18.3 Å². The topological polar surface area (TPSA) is 85.8 Å². The van der Waals surface area contributed by atoms with Gasteiger partial charge in [-0.1, -0.05) is 42.5 Å². The molecule has 1 N–H and O–H groups in total. The maximum Gasteiger partial charge on any atom is 0.325 e. The Bertz CT molecular complexity index is 1230. The van der Waals surface area contributed by atoms with Crippen LogP contribution in [0.4, 0.5) is 0 Å². The highest BCUT2D eigenvalue weighted by Crippen LogP contribution is 2.25. The molecule has 0 fully saturated rings. The molecule has 0 aliphatic heterocycles. The molecule has 0 saturated heterocycles. The summed E-state index contributed by atoms with van der Waals surface area (Å²) in [6.45, 7) is 9.41. The number of hydrazone groups is 1. The predicted molar refractivity (Wildman–Crippen MR) is 126 cm³/mol. The number of carbonyl (C=O) groups excluding carboxylic acids is 2. The molecule has 0 bridgehead atoms. The van der Waals surface area contributed by atoms with Crippen LogP contribution in [-0.2, 0) is 16.1 Å². The van der Waals surface area contributed by atoms with Gasteiger partial charge in [0, 0.05) is 32.8 Å². The second kappa shape index (κ2) is 10.2. The zero-order chi connectivity index (χ0) is 23.3. The number of hydrogen-bond donors (Lipinski definition) is 1. The summed E-state index contributed by atoms with van der Waals surface area (Å²) in [4.78, 5) is 24.5. The van der Waals surface area contributed by atoms with Gasteiger partial charge < -0.3 is 13.7 Å². The summed E-state index contributed by atoms with van der Waals surface area (Å²) in [6.07, 6.45) is 4.72. The van der Waals surface area contributed by atoms with Crippen molar-refractivity contribution >= 4 is 46.7 Å². The molecule has 166 valence electrons. The van der Waals surface area contributed by atoms with E-state index in [1.807, 2.05) is 35.8 Å². The Morgan fingerprint density at radius 1 is 1.31 bits per heavy atom. The molecule has 0 unspecified atom stereocenters. The lowest BCUT2D eigenvalue weighted by Gasteiger charge is -2.07. The van der Waals surface area contributed by atoms with E-state index < -0.39 is 5.91 Å². The maximum atomic E-state index is 12.5. The average molecular weight is 454 g/mol. The Hall–Kier alpha value is -3.58. The number of nitrogens with one attached hydrogen (secondary N) is 1. The predicted octanol–water partition coefficient (Wildman–Crippen LogP) is 4.94. The van der Waals surface area contributed by atoms with E-state index in [0.29, 0.717) is 23.0 Å². The van der Waals surface area contributed by atoms with Crippen LogP contribution >= 0.6 is 11.6 Å². The SMILES string of the molecule is C=C/C(Cl)=C\c1cc(C(=O)N/N=C/c2c(C)n(CC(=O)OCC)c3ccccc23)oc1C. The van der Waals surface area contributed by atoms with Gasteiger partial charge in [-0.2, -0.15) is 5.10 Å². The van der Waals surface area contributed by atoms with Crippen molar-refractivity contribution in [3.63, 3.8) is 0 Å². The van der Waals surface area contributed by atoms with E-state index in [4.69, 9.17) is 20.8 Å². The summed E-state index contributed by atoms with van der Waals surface area (Å²) < 4.78 is 12.5. The first-order valence-electron chi connectivity index (χ1n) is 10.0. The third-order valence-electron chi connectivity index (χ3n) is 4.90. The van der Waals surface area contributed by atoms with Crippen molar-refractivity contribution in [1.82, 2.24) is 9.99 Å². The molecular formula is C24H24ClN3O4. The number of carbonyl (C=O) groups is 2. The summed E-state index contributed by atoms with van der Waals surface area (Å²) in [5, 5.41) is 5.45. The van der Waals surface area contributed by atoms with Gasteiger partial charge in [-0.3, -0.25) is 9.59 Å². The average Bonchev–Trinajstić information content (AvgIpc) is 3.26. The monoisotopic (exact) mass is 453 g/mol. The van der Waals surface area contributed by atoms with Gasteiger partial charge in [-0.05, 0) is 39.0 Å². The quantitative estimate of drug-likeness (QED) is 0.226. The molecule has 3 rings (SSSR count). The summed E-state index contributed by atoms with van der Waals surface area (Å²) in [5.41, 5.74) is 5.66. The minimum absolute atomic E-state index is 0.0929. The fourth-order valence-corrected chi connectivity index (χ4v) is 3.45. The number of halogens is 1. The van der Waals surface area contributed by atoms with Gasteiger partial charge in [0.1, 0.15) is 12.3 Å². The molecule has 8 heteroatoms. The number of ether oxygens (including phenoxy) is 1. The number of benzene rings is 1. The summed E-state index contributed by atoms with van der Waals surface area (Å²) in [6, 6.07) is 9.25. The van der Waals surface area contributed by atoms with Crippen molar-refractivity contribution in [1.29, 1.82) is 0 Å². The number of hydrogen-bond acceptors (Lipinski definition) is 5. The van der Waals surface area contributed by atoms with Crippen molar-refractivity contribution < 1.29 is 18.7 Å². The standard InChI is InChI=1S/C24H24ClN3O4/c1-5-18(25)11-17-12-22(32-16(17)4)24(30)27-26-13-20-15(3)28(14-23(29)31-6-2)21-10-8-7-9-19(20)21/h5,7-13H,1,6,14H2,2-4H3,(H,27,30)/b18-11+,26-13+. The van der Waals surface area contributed by atoms with E-state index in [2.05, 4.69) is 17.1 Å². The van der Waals surface area contributed by atoms with E-state index in [9.17, 15) is 9.59 Å². The number of nitrogens with zero attached hydrogens (tertiary/aromatic N) is 2. The fourth-order valence-electron chi connectivity index (χ4n) is 3.33. The first-order valence-corrected chi connectivity index (χ1v) is 10.4. The lowest BCUT2D eigenvalue weighted by Crippen LogP contribution is -2.17. The number of esters is 1. The van der Waals surface area contributed by atoms with Crippen LogP contribution in [0.5, 0.6) is 0 Å². The van der Waals surface area contributed by atoms with Crippen LogP contribution in [0.3, 0.4) is 0 Å². The van der Waals surface area contributed by atoms with Crippen molar-refractivity contribution in [2.45, 2.75) is 27.3 Å². The Kier molecular flexibility index (Phi) is 7.33. The largest absolute Gasteiger partial charge is 0.465 e. The van der Waals surface area contributed by atoms with E-state index >= 15 is 0 Å². The van der Waals surface area contributed by atoms with Gasteiger partial charge in [-0.25, -0.2) is 5.43 Å². The van der Waals surface area contributed by atoms with Crippen LogP contribution in [0.15, 0.2) is 57.5 Å². The summed E-state index contributed by atoms with van der Waals surface area (Å²) in [5.74, 6) is -0.146. The molecule has 32 heavy (non-hydrogen) atoms. The van der Waals surface area contributed by atoms with Crippen molar-refractivity contribution in [3.8, 4) is 0 Å². The van der Waals surface area contributed by atoms with Crippen molar-refractivity contribution in [3.05, 3.63) is 76.4 Å². The second-order valence-electron chi connectivity index (χ2n) is 6.96. The van der Waals surface area contributed by atoms with E-state index in [0.717, 1.165) is 22.2 Å². The lowest BCUT2D eigenvalue weighted by molar-refractivity contribution is -0.143. The summed E-state index contributed by atoms with van der Waals surface area (Å²) in [7, 11) is 0. The van der Waals surface area contributed by atoms with Crippen LogP contribution in [0.1, 0.15) is 40.1 Å². The third-order valence-corrected chi connectivity index (χ3v) is 5.16. The molecule has 7 nitrogen and oxygen atoms in total. The van der Waals surface area contributed by atoms with Crippen LogP contribution < -0.4 is 5.43 Å². The Labute approximate surface area is 191 Å². The maximum absolute atomic E-state index is 12.5. The first kappa shape index (κ1) is 23.1. The highest BCUT2D eigenvalue weighted by atomic mass is 35.5. The number of allylic oxidation sites excluding steroid dienone is 2. The smallest absolute Gasteiger partial charge is 0.325 e. The van der Waals surface area contributed by atoms with Crippen LogP contribution in [0, 0.1) is 13.8 Å². The highest BCUT2D eigenvalue weighted by molar-refractivity contribution is 6.33. The lowest BCUT2D eigenvalue weighted by atomic mass is 10.1. The number of rotatable bonds is 8. The van der Waals surface area contributed by atoms with Crippen molar-refractivity contribution in [2.24, 2.45) is 5.10 Å². The highest BCUT2D eigenvalue weighted by Gasteiger charge is 2.16. The minimum Gasteiger partial charge on any atom is -0.465 e. The first-order chi connectivity index (χ1) is 15.3. The molecule has 2 aromatic heterocycles. The molecule has 2 heterocycles. The van der Waals surface area contributed by atoms with E-state index in [1.54, 1.807) is 32.2 Å². The number of furan rings is 1. The number of aryl methyl sites for hydroxylation is 1. The number of amides is 1. The van der Waals surface area contributed by atoms with Crippen molar-refractivity contribution in [2.75, 3.05) is 6.61 Å². The van der Waals surface area contributed by atoms with Crippen LogP contribution in [0.25, 0.3) is 17.0 Å². The number of aromatic nitrogens is 1. The van der Waals surface area contributed by atoms with E-state index in [1.165, 1.54) is 6.08 Å². The Morgan fingerprint density at radius 3 is 2.78 bits per heavy atom. The van der Waals surface area contributed by atoms with Gasteiger partial charge >= 0.3 is 11.9 Å². The Morgan fingerprint density at radius 2 is 2.06 bits per heavy atom. The third kappa shape index (κ3) is 5.00. The number of para-hydroxylation sites is 1. The zero-order valence-electron chi connectivity index (χ0n) is 18.1. The molecule has 0 spiro atoms. The summed E-state index contributed by atoms with van der Waals surface area (Å²) >= 11 is 5.97. The zero-order valence-corrected chi connectivity index (χ0v) is 18.9. The van der Waals surface area contributed by atoms with Gasteiger partial charge in [0.15, 0.2) is 5.76 Å². The van der Waals surface area contributed by atoms with Gasteiger partial charge in [-0.15, -0.1) is 0 Å². The molecular weight excluding hydrogens is 430 g/mol. The van der Waals surface area contributed by atoms with Crippen LogP contribution in [0.2, 0.25) is 0 Å². The van der Waals surface area contributed by atoms with Crippen LogP contribution in [-0.4, -0.2) is 29.3 Å². The molecule has 0 saturated carbocycles. The molecule has 1 aromatic carbocycles. The second-order valence-corrected chi connectivity index (χ2v) is 7.40. The van der Waals surface area contributed by atoms with Gasteiger partial charge in [0.2, 0.25) is 0 Å². The molecule has 3 aromatic rings. The molecule has 1 amide bonds. The Balaban J connectivity index is 1.83. The van der Waals surface area contributed by atoms with Gasteiger partial charge in [0.25, 0.3) is 0 Å². The molecule has 0 atom stereocenters. The number of fused-ring (bicyclic) bond motifs is 1. The molecule has 0 aliphatic carbocycles. The minimum atomic E-state index is -0.494. The normalized spacial score (nSPS) is 11.8. The molecule has 0 radical (unpaired) electrons. The molecule has 0 aliphatic rings. The van der Waals surface area contributed by atoms with Gasteiger partial charge in [0.05, 0.1) is 12.8 Å².